The summed E-state index contributed by atoms with van der Waals surface area (Å²) in [6, 6.07) is -1.59. The molecule has 1 amide bonds. The number of allylic oxidation sites excluding steroid dienone is 12. The van der Waals surface area contributed by atoms with Crippen molar-refractivity contribution in [3.05, 3.63) is 72.9 Å². The van der Waals surface area contributed by atoms with Gasteiger partial charge in [-0.1, -0.05) is 151 Å². The second-order valence-electron chi connectivity index (χ2n) is 13.1. The Balaban J connectivity index is 4.09. The molecule has 0 aliphatic heterocycles. The van der Waals surface area contributed by atoms with E-state index in [9.17, 15) is 34.1 Å². The number of hydrogen-bond donors (Lipinski definition) is 4. The van der Waals surface area contributed by atoms with Gasteiger partial charge in [0.15, 0.2) is 6.04 Å². The monoisotopic (exact) mass is 779 g/mol. The van der Waals surface area contributed by atoms with Gasteiger partial charge in [0, 0.05) is 12.8 Å². The van der Waals surface area contributed by atoms with Gasteiger partial charge in [-0.15, -0.1) is 0 Å². The van der Waals surface area contributed by atoms with Gasteiger partial charge in [0.2, 0.25) is 5.91 Å². The summed E-state index contributed by atoms with van der Waals surface area (Å²) in [5.41, 5.74) is 0. The Kier molecular flexibility index (Phi) is 34.8. The molecule has 4 N–H and O–H groups in total. The number of aliphatic hydroxyl groups excluding tert-OH is 1. The smallest absolute Gasteiger partial charge is 0.472 e. The second-order valence-corrected chi connectivity index (χ2v) is 14.5. The zero-order valence-electron chi connectivity index (χ0n) is 33.0. The standard InChI is InChI=1S/C42H70NO10P/c1-3-5-7-9-11-13-15-16-17-18-19-20-21-22-24-25-27-29-31-33-40(45)43-39(42(47)48)37-53-54(49,50)52-36-38(44)35-51-41(46)34-32-30-28-26-23-14-12-10-8-6-4-2/h5,7,11,13,16-17,19-20,22,24,27,29,38-39,44H,3-4,6,8-10,12,14-15,18,21,23,25-26,28,30-37H2,1-2H3,(H,43,45)(H,47,48)(H,49,50)/b7-5-,13-11-,17-16-,20-19-,24-22-,29-27-. The average Bonchev–Trinajstić information content (AvgIpc) is 3.14. The number of carboxylic acid groups (broad SMARTS) is 1. The molecule has 0 aromatic rings. The summed E-state index contributed by atoms with van der Waals surface area (Å²) < 4.78 is 26.7. The van der Waals surface area contributed by atoms with E-state index in [0.29, 0.717) is 19.3 Å². The van der Waals surface area contributed by atoms with E-state index in [-0.39, 0.29) is 12.8 Å². The van der Waals surface area contributed by atoms with Gasteiger partial charge in [-0.2, -0.15) is 0 Å². The van der Waals surface area contributed by atoms with Crippen molar-refractivity contribution >= 4 is 25.7 Å². The Bertz CT molecular complexity index is 1190. The first-order chi connectivity index (χ1) is 26.1. The largest absolute Gasteiger partial charge is 0.480 e. The number of phosphoric acid groups is 1. The number of carboxylic acids is 1. The lowest BCUT2D eigenvalue weighted by molar-refractivity contribution is -0.147. The van der Waals surface area contributed by atoms with E-state index in [4.69, 9.17) is 13.8 Å². The predicted molar refractivity (Wildman–Crippen MR) is 217 cm³/mol. The fourth-order valence-electron chi connectivity index (χ4n) is 4.92. The van der Waals surface area contributed by atoms with E-state index in [1.54, 1.807) is 0 Å². The van der Waals surface area contributed by atoms with Gasteiger partial charge in [0.05, 0.1) is 13.2 Å². The van der Waals surface area contributed by atoms with E-state index in [0.717, 1.165) is 51.4 Å². The number of phosphoric ester groups is 1. The molecule has 0 saturated carbocycles. The number of amides is 1. The maximum Gasteiger partial charge on any atom is 0.472 e. The van der Waals surface area contributed by atoms with Gasteiger partial charge in [0.1, 0.15) is 12.7 Å². The summed E-state index contributed by atoms with van der Waals surface area (Å²) in [5, 5.41) is 21.7. The van der Waals surface area contributed by atoms with Crippen LogP contribution in [0.25, 0.3) is 0 Å². The van der Waals surface area contributed by atoms with Crippen LogP contribution in [-0.2, 0) is 32.7 Å². The van der Waals surface area contributed by atoms with Crippen molar-refractivity contribution < 1.29 is 47.8 Å². The van der Waals surface area contributed by atoms with Crippen LogP contribution in [0.3, 0.4) is 0 Å². The number of carbonyl (C=O) groups is 3. The fraction of sp³-hybridized carbons (Fsp3) is 0.643. The highest BCUT2D eigenvalue weighted by molar-refractivity contribution is 7.47. The summed E-state index contributed by atoms with van der Waals surface area (Å²) in [4.78, 5) is 45.7. The number of aliphatic carboxylic acids is 1. The first-order valence-corrected chi connectivity index (χ1v) is 21.5. The molecule has 12 heteroatoms. The molecule has 0 aliphatic carbocycles. The van der Waals surface area contributed by atoms with Crippen molar-refractivity contribution in [3.63, 3.8) is 0 Å². The van der Waals surface area contributed by atoms with Crippen molar-refractivity contribution in [2.75, 3.05) is 19.8 Å². The Morgan fingerprint density at radius 2 is 1.06 bits per heavy atom. The molecule has 3 unspecified atom stereocenters. The van der Waals surface area contributed by atoms with Crippen molar-refractivity contribution in [1.82, 2.24) is 5.32 Å². The van der Waals surface area contributed by atoms with Gasteiger partial charge in [-0.05, 0) is 51.4 Å². The van der Waals surface area contributed by atoms with Crippen molar-refractivity contribution in [2.24, 2.45) is 0 Å². The molecular formula is C42H70NO10P. The highest BCUT2D eigenvalue weighted by Crippen LogP contribution is 2.43. The molecule has 0 radical (unpaired) electrons. The number of unbranched alkanes of at least 4 members (excludes halogenated alkanes) is 10. The van der Waals surface area contributed by atoms with Crippen LogP contribution in [0.5, 0.6) is 0 Å². The van der Waals surface area contributed by atoms with Crippen LogP contribution < -0.4 is 5.32 Å². The normalized spacial score (nSPS) is 14.6. The number of nitrogens with one attached hydrogen (secondary N) is 1. The third-order valence-electron chi connectivity index (χ3n) is 8.02. The van der Waals surface area contributed by atoms with E-state index in [1.165, 1.54) is 44.9 Å². The number of ether oxygens (including phenoxy) is 1. The van der Waals surface area contributed by atoms with Gasteiger partial charge in [-0.25, -0.2) is 9.36 Å². The van der Waals surface area contributed by atoms with E-state index in [1.807, 2.05) is 18.2 Å². The summed E-state index contributed by atoms with van der Waals surface area (Å²) in [5.74, 6) is -2.50. The van der Waals surface area contributed by atoms with Crippen LogP contribution in [0.1, 0.15) is 142 Å². The summed E-state index contributed by atoms with van der Waals surface area (Å²) in [6.07, 6.45) is 42.4. The van der Waals surface area contributed by atoms with E-state index in [2.05, 4.69) is 73.8 Å². The van der Waals surface area contributed by atoms with Crippen LogP contribution in [-0.4, -0.2) is 64.9 Å². The maximum absolute atomic E-state index is 12.2. The molecule has 11 nitrogen and oxygen atoms in total. The minimum atomic E-state index is -4.77. The molecule has 0 bridgehead atoms. The number of carbonyl (C=O) groups excluding carboxylic acids is 2. The highest BCUT2D eigenvalue weighted by atomic mass is 31.2. The Morgan fingerprint density at radius 3 is 1.54 bits per heavy atom. The molecule has 0 aromatic carbocycles. The lowest BCUT2D eigenvalue weighted by Gasteiger charge is -2.18. The molecule has 0 aromatic heterocycles. The lowest BCUT2D eigenvalue weighted by Crippen LogP contribution is -2.43. The van der Waals surface area contributed by atoms with Gasteiger partial charge < -0.3 is 25.2 Å². The number of rotatable bonds is 36. The average molecular weight is 780 g/mol. The Morgan fingerprint density at radius 1 is 0.611 bits per heavy atom. The van der Waals surface area contributed by atoms with E-state index < -0.39 is 57.6 Å². The van der Waals surface area contributed by atoms with Crippen molar-refractivity contribution in [2.45, 2.75) is 154 Å². The van der Waals surface area contributed by atoms with Crippen LogP contribution in [0.2, 0.25) is 0 Å². The summed E-state index contributed by atoms with van der Waals surface area (Å²) in [6.45, 7) is 2.39. The van der Waals surface area contributed by atoms with Crippen LogP contribution in [0, 0.1) is 0 Å². The van der Waals surface area contributed by atoms with Gasteiger partial charge in [0.25, 0.3) is 0 Å². The maximum atomic E-state index is 12.2. The molecule has 308 valence electrons. The molecule has 3 atom stereocenters. The lowest BCUT2D eigenvalue weighted by atomic mass is 10.1. The Hall–Kier alpha value is -3.08. The third-order valence-corrected chi connectivity index (χ3v) is 8.97. The quantitative estimate of drug-likeness (QED) is 0.0208. The number of hydrogen-bond acceptors (Lipinski definition) is 8. The first kappa shape index (κ1) is 50.9. The molecule has 0 aliphatic rings. The highest BCUT2D eigenvalue weighted by Gasteiger charge is 2.28. The van der Waals surface area contributed by atoms with Crippen LogP contribution in [0.15, 0.2) is 72.9 Å². The molecule has 0 saturated heterocycles. The summed E-state index contributed by atoms with van der Waals surface area (Å²) >= 11 is 0. The molecule has 0 fully saturated rings. The number of aliphatic hydroxyl groups is 1. The third kappa shape index (κ3) is 35.9. The van der Waals surface area contributed by atoms with E-state index >= 15 is 0 Å². The molecule has 0 heterocycles. The van der Waals surface area contributed by atoms with Crippen molar-refractivity contribution in [1.29, 1.82) is 0 Å². The molecule has 0 spiro atoms. The minimum absolute atomic E-state index is 0.0173. The van der Waals surface area contributed by atoms with Crippen LogP contribution >= 0.6 is 7.82 Å². The number of esters is 1. The topological polar surface area (TPSA) is 169 Å². The molecule has 54 heavy (non-hydrogen) atoms. The summed E-state index contributed by atoms with van der Waals surface area (Å²) in [7, 11) is -4.77. The van der Waals surface area contributed by atoms with Crippen LogP contribution in [0.4, 0.5) is 0 Å². The first-order valence-electron chi connectivity index (χ1n) is 20.0. The predicted octanol–water partition coefficient (Wildman–Crippen LogP) is 9.77. The van der Waals surface area contributed by atoms with Gasteiger partial charge in [-0.3, -0.25) is 18.6 Å². The zero-order valence-corrected chi connectivity index (χ0v) is 33.9. The Labute approximate surface area is 325 Å². The zero-order chi connectivity index (χ0) is 40.0. The molecule has 0 rings (SSSR count). The second kappa shape index (κ2) is 36.9. The minimum Gasteiger partial charge on any atom is -0.480 e. The molecular weight excluding hydrogens is 709 g/mol. The van der Waals surface area contributed by atoms with Gasteiger partial charge >= 0.3 is 19.8 Å². The SMILES string of the molecule is CC/C=C\C/C=C\C/C=C\C/C=C\C/C=C\C/C=C\CCC(=O)NC(COP(=O)(O)OCC(O)COC(=O)CCCCCCCCCCCCC)C(=O)O. The van der Waals surface area contributed by atoms with Crippen molar-refractivity contribution in [3.8, 4) is 0 Å². The fourth-order valence-corrected chi connectivity index (χ4v) is 5.70.